The molecule has 2 N–H and O–H groups in total. The predicted molar refractivity (Wildman–Crippen MR) is 68.4 cm³/mol. The molecule has 0 spiro atoms. The standard InChI is InChI=1S/C14H23NO/c1-14(2,3)16-10-9-13(15)11-12-7-5-4-6-8-12/h4-8,13H,9-11,15H2,1-3H3. The number of rotatable bonds is 5. The Morgan fingerprint density at radius 2 is 1.81 bits per heavy atom. The summed E-state index contributed by atoms with van der Waals surface area (Å²) in [6, 6.07) is 10.5. The van der Waals surface area contributed by atoms with Crippen LogP contribution in [0.15, 0.2) is 30.3 Å². The van der Waals surface area contributed by atoms with Crippen molar-refractivity contribution in [2.24, 2.45) is 5.73 Å². The first-order chi connectivity index (χ1) is 7.47. The summed E-state index contributed by atoms with van der Waals surface area (Å²) in [6.07, 6.45) is 1.83. The van der Waals surface area contributed by atoms with Crippen LogP contribution in [-0.4, -0.2) is 18.2 Å². The fourth-order valence-electron chi connectivity index (χ4n) is 1.54. The molecule has 0 amide bonds. The number of hydrogen-bond acceptors (Lipinski definition) is 2. The van der Waals surface area contributed by atoms with E-state index in [1.54, 1.807) is 0 Å². The van der Waals surface area contributed by atoms with Gasteiger partial charge in [0, 0.05) is 12.6 Å². The van der Waals surface area contributed by atoms with E-state index in [9.17, 15) is 0 Å². The fourth-order valence-corrected chi connectivity index (χ4v) is 1.54. The van der Waals surface area contributed by atoms with Crippen LogP contribution < -0.4 is 5.73 Å². The molecule has 0 aromatic heterocycles. The van der Waals surface area contributed by atoms with Gasteiger partial charge in [0.1, 0.15) is 0 Å². The van der Waals surface area contributed by atoms with Crippen LogP contribution in [0.25, 0.3) is 0 Å². The van der Waals surface area contributed by atoms with Crippen LogP contribution in [0.1, 0.15) is 32.8 Å². The molecule has 2 nitrogen and oxygen atoms in total. The minimum Gasteiger partial charge on any atom is -0.376 e. The molecule has 16 heavy (non-hydrogen) atoms. The smallest absolute Gasteiger partial charge is 0.0598 e. The van der Waals surface area contributed by atoms with Crippen molar-refractivity contribution in [2.75, 3.05) is 6.61 Å². The number of ether oxygens (including phenoxy) is 1. The van der Waals surface area contributed by atoms with E-state index in [0.29, 0.717) is 0 Å². The third-order valence-corrected chi connectivity index (χ3v) is 2.36. The Kier molecular flexibility index (Phi) is 4.97. The van der Waals surface area contributed by atoms with Crippen LogP contribution in [0.5, 0.6) is 0 Å². The molecule has 0 aliphatic rings. The van der Waals surface area contributed by atoms with E-state index >= 15 is 0 Å². The molecule has 1 rings (SSSR count). The van der Waals surface area contributed by atoms with E-state index in [4.69, 9.17) is 10.5 Å². The molecule has 0 heterocycles. The molecule has 0 aliphatic heterocycles. The van der Waals surface area contributed by atoms with Crippen LogP contribution in [-0.2, 0) is 11.2 Å². The summed E-state index contributed by atoms with van der Waals surface area (Å²) < 4.78 is 5.66. The lowest BCUT2D eigenvalue weighted by atomic mass is 10.0. The van der Waals surface area contributed by atoms with Crippen LogP contribution in [0, 0.1) is 0 Å². The molecule has 0 saturated heterocycles. The van der Waals surface area contributed by atoms with Gasteiger partial charge in [0.25, 0.3) is 0 Å². The van der Waals surface area contributed by atoms with Gasteiger partial charge in [-0.25, -0.2) is 0 Å². The molecule has 0 fully saturated rings. The molecule has 0 saturated carbocycles. The molecule has 0 radical (unpaired) electrons. The fraction of sp³-hybridized carbons (Fsp3) is 0.571. The summed E-state index contributed by atoms with van der Waals surface area (Å²) in [5.41, 5.74) is 7.29. The molecule has 0 bridgehead atoms. The van der Waals surface area contributed by atoms with Crippen molar-refractivity contribution in [1.82, 2.24) is 0 Å². The Bertz CT molecular complexity index is 289. The summed E-state index contributed by atoms with van der Waals surface area (Å²) in [6.45, 7) is 6.93. The second-order valence-corrected chi connectivity index (χ2v) is 5.20. The largest absolute Gasteiger partial charge is 0.376 e. The molecular formula is C14H23NO. The zero-order valence-corrected chi connectivity index (χ0v) is 10.6. The van der Waals surface area contributed by atoms with Gasteiger partial charge in [-0.05, 0) is 39.2 Å². The van der Waals surface area contributed by atoms with E-state index in [2.05, 4.69) is 32.9 Å². The minimum atomic E-state index is -0.0630. The van der Waals surface area contributed by atoms with Gasteiger partial charge in [-0.3, -0.25) is 0 Å². The van der Waals surface area contributed by atoms with Crippen LogP contribution in [0.3, 0.4) is 0 Å². The first-order valence-electron chi connectivity index (χ1n) is 5.91. The Hall–Kier alpha value is -0.860. The highest BCUT2D eigenvalue weighted by Gasteiger charge is 2.11. The monoisotopic (exact) mass is 221 g/mol. The van der Waals surface area contributed by atoms with E-state index in [-0.39, 0.29) is 11.6 Å². The summed E-state index contributed by atoms with van der Waals surface area (Å²) in [4.78, 5) is 0. The maximum absolute atomic E-state index is 6.06. The van der Waals surface area contributed by atoms with Crippen molar-refractivity contribution in [3.8, 4) is 0 Å². The minimum absolute atomic E-state index is 0.0630. The van der Waals surface area contributed by atoms with Crippen molar-refractivity contribution >= 4 is 0 Å². The molecule has 1 unspecified atom stereocenters. The highest BCUT2D eigenvalue weighted by atomic mass is 16.5. The summed E-state index contributed by atoms with van der Waals surface area (Å²) in [5, 5.41) is 0. The van der Waals surface area contributed by atoms with Crippen LogP contribution >= 0.6 is 0 Å². The van der Waals surface area contributed by atoms with Gasteiger partial charge < -0.3 is 10.5 Å². The third kappa shape index (κ3) is 5.89. The Morgan fingerprint density at radius 3 is 2.38 bits per heavy atom. The van der Waals surface area contributed by atoms with E-state index < -0.39 is 0 Å². The summed E-state index contributed by atoms with van der Waals surface area (Å²) in [7, 11) is 0. The van der Waals surface area contributed by atoms with Gasteiger partial charge in [0.15, 0.2) is 0 Å². The number of benzene rings is 1. The van der Waals surface area contributed by atoms with Gasteiger partial charge in [0.05, 0.1) is 5.60 Å². The van der Waals surface area contributed by atoms with Crippen molar-refractivity contribution < 1.29 is 4.74 Å². The molecular weight excluding hydrogens is 198 g/mol. The summed E-state index contributed by atoms with van der Waals surface area (Å²) in [5.74, 6) is 0. The average molecular weight is 221 g/mol. The second kappa shape index (κ2) is 6.02. The van der Waals surface area contributed by atoms with Crippen molar-refractivity contribution in [1.29, 1.82) is 0 Å². The van der Waals surface area contributed by atoms with Gasteiger partial charge >= 0.3 is 0 Å². The van der Waals surface area contributed by atoms with E-state index in [1.807, 2.05) is 18.2 Å². The second-order valence-electron chi connectivity index (χ2n) is 5.20. The third-order valence-electron chi connectivity index (χ3n) is 2.36. The Morgan fingerprint density at radius 1 is 1.19 bits per heavy atom. The predicted octanol–water partition coefficient (Wildman–Crippen LogP) is 2.76. The maximum Gasteiger partial charge on any atom is 0.0598 e. The average Bonchev–Trinajstić information content (AvgIpc) is 2.17. The topological polar surface area (TPSA) is 35.2 Å². The first-order valence-corrected chi connectivity index (χ1v) is 5.91. The van der Waals surface area contributed by atoms with Gasteiger partial charge in [-0.1, -0.05) is 30.3 Å². The molecule has 90 valence electrons. The lowest BCUT2D eigenvalue weighted by Crippen LogP contribution is -2.27. The van der Waals surface area contributed by atoms with Crippen LogP contribution in [0.2, 0.25) is 0 Å². The Labute approximate surface area is 98.8 Å². The maximum atomic E-state index is 6.06. The molecule has 0 aliphatic carbocycles. The van der Waals surface area contributed by atoms with Crippen molar-refractivity contribution in [2.45, 2.75) is 45.3 Å². The highest BCUT2D eigenvalue weighted by Crippen LogP contribution is 2.09. The lowest BCUT2D eigenvalue weighted by Gasteiger charge is -2.21. The highest BCUT2D eigenvalue weighted by molar-refractivity contribution is 5.15. The van der Waals surface area contributed by atoms with Gasteiger partial charge in [-0.15, -0.1) is 0 Å². The van der Waals surface area contributed by atoms with Crippen LogP contribution in [0.4, 0.5) is 0 Å². The lowest BCUT2D eigenvalue weighted by molar-refractivity contribution is -0.00595. The normalized spacial score (nSPS) is 13.8. The van der Waals surface area contributed by atoms with Gasteiger partial charge in [0.2, 0.25) is 0 Å². The molecule has 2 heteroatoms. The van der Waals surface area contributed by atoms with E-state index in [0.717, 1.165) is 19.4 Å². The molecule has 1 atom stereocenters. The zero-order valence-electron chi connectivity index (χ0n) is 10.6. The first kappa shape index (κ1) is 13.2. The van der Waals surface area contributed by atoms with Crippen molar-refractivity contribution in [3.05, 3.63) is 35.9 Å². The molecule has 1 aromatic carbocycles. The molecule has 1 aromatic rings. The number of hydrogen-bond donors (Lipinski definition) is 1. The van der Waals surface area contributed by atoms with Gasteiger partial charge in [-0.2, -0.15) is 0 Å². The SMILES string of the molecule is CC(C)(C)OCCC(N)Cc1ccccc1. The Balaban J connectivity index is 2.24. The number of nitrogens with two attached hydrogens (primary N) is 1. The van der Waals surface area contributed by atoms with E-state index in [1.165, 1.54) is 5.56 Å². The quantitative estimate of drug-likeness (QED) is 0.829. The zero-order chi connectivity index (χ0) is 12.0. The van der Waals surface area contributed by atoms with Crippen molar-refractivity contribution in [3.63, 3.8) is 0 Å². The summed E-state index contributed by atoms with van der Waals surface area (Å²) >= 11 is 0.